The molecule has 0 aromatic heterocycles. The Morgan fingerprint density at radius 3 is 1.67 bits per heavy atom. The highest BCUT2D eigenvalue weighted by Crippen LogP contribution is 2.15. The molecule has 16 heteroatoms. The Bertz CT molecular complexity index is 1740. The number of aliphatic hydroxyl groups is 1. The molecule has 16 nitrogen and oxygen atoms in total. The van der Waals surface area contributed by atoms with Gasteiger partial charge in [-0.3, -0.25) is 28.8 Å². The molecule has 0 aliphatic heterocycles. The van der Waals surface area contributed by atoms with Crippen molar-refractivity contribution in [3.63, 3.8) is 0 Å². The number of ether oxygens (including phenoxy) is 1. The lowest BCUT2D eigenvalue weighted by Gasteiger charge is -2.25. The summed E-state index contributed by atoms with van der Waals surface area (Å²) in [5.41, 5.74) is 7.02. The maximum Gasteiger partial charge on any atom is 0.326 e. The van der Waals surface area contributed by atoms with E-state index in [9.17, 15) is 43.8 Å². The largest absolute Gasteiger partial charge is 0.497 e. The van der Waals surface area contributed by atoms with Crippen molar-refractivity contribution in [1.82, 2.24) is 26.6 Å². The van der Waals surface area contributed by atoms with Gasteiger partial charge in [0.15, 0.2) is 0 Å². The molecule has 0 aliphatic rings. The molecule has 0 saturated heterocycles. The van der Waals surface area contributed by atoms with Crippen molar-refractivity contribution in [3.8, 4) is 5.75 Å². The first kappa shape index (κ1) is 54.6. The van der Waals surface area contributed by atoms with Crippen LogP contribution in [0.5, 0.6) is 5.75 Å². The van der Waals surface area contributed by atoms with Crippen LogP contribution in [0, 0.1) is 5.92 Å². The van der Waals surface area contributed by atoms with Gasteiger partial charge in [0.05, 0.1) is 19.6 Å². The van der Waals surface area contributed by atoms with Gasteiger partial charge in [-0.25, -0.2) is 4.79 Å². The predicted molar refractivity (Wildman–Crippen MR) is 245 cm³/mol. The molecule has 0 aliphatic carbocycles. The number of carboxylic acid groups (broad SMARTS) is 1. The quantitative estimate of drug-likeness (QED) is 0.0460. The van der Waals surface area contributed by atoms with Crippen LogP contribution >= 0.6 is 0 Å². The smallest absolute Gasteiger partial charge is 0.326 e. The number of primary amides is 1. The fourth-order valence-electron chi connectivity index (χ4n) is 7.23. The van der Waals surface area contributed by atoms with E-state index < -0.39 is 66.3 Å². The highest BCUT2D eigenvalue weighted by Gasteiger charge is 2.31. The monoisotopic (exact) mass is 895 g/mol. The molecule has 2 rings (SSSR count). The lowest BCUT2D eigenvalue weighted by atomic mass is 10.0. The number of rotatable bonds is 34. The topological polar surface area (TPSA) is 255 Å². The summed E-state index contributed by atoms with van der Waals surface area (Å²) in [6.45, 7) is 5.70. The summed E-state index contributed by atoms with van der Waals surface area (Å²) in [7, 11) is 1.59. The van der Waals surface area contributed by atoms with E-state index in [1.807, 2.05) is 38.1 Å². The van der Waals surface area contributed by atoms with Gasteiger partial charge in [0.2, 0.25) is 35.4 Å². The number of unbranched alkanes of at least 4 members (excludes halogenated alkanes) is 11. The second-order valence-corrected chi connectivity index (χ2v) is 17.0. The third-order valence-electron chi connectivity index (χ3n) is 10.8. The van der Waals surface area contributed by atoms with Crippen molar-refractivity contribution in [2.75, 3.05) is 13.7 Å². The van der Waals surface area contributed by atoms with E-state index in [4.69, 9.17) is 10.5 Å². The summed E-state index contributed by atoms with van der Waals surface area (Å²) in [5, 5.41) is 33.3. The minimum atomic E-state index is -1.27. The normalized spacial score (nSPS) is 13.4. The van der Waals surface area contributed by atoms with Gasteiger partial charge in [0.1, 0.15) is 29.9 Å². The molecule has 0 unspecified atom stereocenters. The molecule has 2 aromatic carbocycles. The number of carboxylic acids is 1. The van der Waals surface area contributed by atoms with Crippen LogP contribution < -0.4 is 37.1 Å². The van der Waals surface area contributed by atoms with Gasteiger partial charge in [-0.1, -0.05) is 121 Å². The van der Waals surface area contributed by atoms with Gasteiger partial charge in [0.25, 0.3) is 0 Å². The fourth-order valence-corrected chi connectivity index (χ4v) is 7.23. The summed E-state index contributed by atoms with van der Waals surface area (Å²) >= 11 is 0. The molecule has 0 spiro atoms. The number of nitrogens with two attached hydrogens (primary N) is 1. The summed E-state index contributed by atoms with van der Waals surface area (Å²) < 4.78 is 5.26. The predicted octanol–water partition coefficient (Wildman–Crippen LogP) is 4.38. The van der Waals surface area contributed by atoms with Gasteiger partial charge in [-0.2, -0.15) is 0 Å². The van der Waals surface area contributed by atoms with Crippen molar-refractivity contribution in [2.45, 2.75) is 167 Å². The standard InChI is InChI=1S/C48H74N6O10/c1-33(2)29-38(45(59)50-28-27-36-23-20-24-37(30-36)64-4)52-47(61)44(34(3)55)54-43(58)26-19-14-12-10-8-6-5-7-9-11-13-18-25-42(57)51-39(32-41(49)56)46(60)53-40(48(62)63)31-35-21-16-15-17-22-35/h15-17,20-24,30,33-34,38-40,44,55H,5-14,18-19,25-29,31-32H2,1-4H3,(H2,49,56)(H,50,59)(H,51,57)(H,52,61)(H,53,60)(H,54,58)(H,62,63)/t34-,38-,39-,40-,44-/m0/s1. The number of amides is 6. The molecule has 9 N–H and O–H groups in total. The molecule has 0 bridgehead atoms. The number of nitrogens with one attached hydrogen (secondary N) is 5. The zero-order chi connectivity index (χ0) is 47.3. The summed E-state index contributed by atoms with van der Waals surface area (Å²) in [4.78, 5) is 88.0. The van der Waals surface area contributed by atoms with Crippen LogP contribution in [-0.2, 0) is 46.4 Å². The summed E-state index contributed by atoms with van der Waals surface area (Å²) in [6.07, 6.45) is 11.1. The zero-order valence-corrected chi connectivity index (χ0v) is 38.3. The Kier molecular flexibility index (Phi) is 26.8. The second kappa shape index (κ2) is 31.4. The van der Waals surface area contributed by atoms with Crippen LogP contribution in [0.3, 0.4) is 0 Å². The number of carbonyl (C=O) groups is 7. The number of benzene rings is 2. The van der Waals surface area contributed by atoms with Crippen LogP contribution in [0.2, 0.25) is 0 Å². The van der Waals surface area contributed by atoms with Crippen molar-refractivity contribution in [1.29, 1.82) is 0 Å². The first-order valence-electron chi connectivity index (χ1n) is 22.9. The van der Waals surface area contributed by atoms with Gasteiger partial charge in [-0.05, 0) is 61.8 Å². The molecule has 2 aromatic rings. The summed E-state index contributed by atoms with van der Waals surface area (Å²) in [6, 6.07) is 11.9. The molecule has 6 amide bonds. The first-order valence-corrected chi connectivity index (χ1v) is 22.9. The van der Waals surface area contributed by atoms with Crippen LogP contribution in [0.25, 0.3) is 0 Å². The minimum Gasteiger partial charge on any atom is -0.497 e. The number of aliphatic hydroxyl groups excluding tert-OH is 1. The Morgan fingerprint density at radius 2 is 1.16 bits per heavy atom. The number of hydrogen-bond acceptors (Lipinski definition) is 9. The van der Waals surface area contributed by atoms with Crippen molar-refractivity contribution < 1.29 is 48.5 Å². The fraction of sp³-hybridized carbons (Fsp3) is 0.604. The third kappa shape index (κ3) is 23.8. The van der Waals surface area contributed by atoms with Crippen LogP contribution in [0.15, 0.2) is 54.6 Å². The van der Waals surface area contributed by atoms with E-state index in [1.165, 1.54) is 6.92 Å². The average molecular weight is 895 g/mol. The van der Waals surface area contributed by atoms with E-state index in [2.05, 4.69) is 26.6 Å². The molecular weight excluding hydrogens is 821 g/mol. The molecule has 64 heavy (non-hydrogen) atoms. The van der Waals surface area contributed by atoms with E-state index >= 15 is 0 Å². The number of aliphatic carboxylic acids is 1. The van der Waals surface area contributed by atoms with Crippen LogP contribution in [-0.4, -0.2) is 95.6 Å². The highest BCUT2D eigenvalue weighted by molar-refractivity contribution is 5.94. The van der Waals surface area contributed by atoms with E-state index in [1.54, 1.807) is 37.4 Å². The molecule has 5 atom stereocenters. The SMILES string of the molecule is COc1cccc(CCNC(=O)[C@H](CC(C)C)NC(=O)[C@@H](NC(=O)CCCCCCCCCCCCCCC(=O)N[C@@H](CC(N)=O)C(=O)N[C@@H](Cc2ccccc2)C(=O)O)[C@H](C)O)c1. The van der Waals surface area contributed by atoms with E-state index in [-0.39, 0.29) is 37.0 Å². The van der Waals surface area contributed by atoms with Gasteiger partial charge >= 0.3 is 5.97 Å². The molecule has 356 valence electrons. The maximum atomic E-state index is 13.2. The Balaban J connectivity index is 1.58. The summed E-state index contributed by atoms with van der Waals surface area (Å²) in [5.74, 6) is -3.64. The van der Waals surface area contributed by atoms with Crippen molar-refractivity contribution in [2.24, 2.45) is 11.7 Å². The van der Waals surface area contributed by atoms with Crippen LogP contribution in [0.4, 0.5) is 0 Å². The van der Waals surface area contributed by atoms with Crippen molar-refractivity contribution >= 4 is 41.4 Å². The lowest BCUT2D eigenvalue weighted by molar-refractivity contribution is -0.142. The maximum absolute atomic E-state index is 13.2. The third-order valence-corrected chi connectivity index (χ3v) is 10.8. The number of carbonyl (C=O) groups excluding carboxylic acids is 6. The molecular formula is C48H74N6O10. The second-order valence-electron chi connectivity index (χ2n) is 17.0. The highest BCUT2D eigenvalue weighted by atomic mass is 16.5. The average Bonchev–Trinajstić information content (AvgIpc) is 3.24. The van der Waals surface area contributed by atoms with Gasteiger partial charge in [0, 0.05) is 25.8 Å². The molecule has 0 heterocycles. The minimum absolute atomic E-state index is 0.0404. The van der Waals surface area contributed by atoms with Crippen molar-refractivity contribution in [3.05, 3.63) is 65.7 Å². The Hall–Kier alpha value is -5.51. The van der Waals surface area contributed by atoms with E-state index in [0.717, 1.165) is 75.5 Å². The Morgan fingerprint density at radius 1 is 0.625 bits per heavy atom. The molecule has 0 fully saturated rings. The molecule has 0 saturated carbocycles. The van der Waals surface area contributed by atoms with E-state index in [0.29, 0.717) is 37.8 Å². The Labute approximate surface area is 379 Å². The van der Waals surface area contributed by atoms with Crippen LogP contribution in [0.1, 0.15) is 135 Å². The zero-order valence-electron chi connectivity index (χ0n) is 38.3. The number of hydrogen-bond donors (Lipinski definition) is 8. The first-order chi connectivity index (χ1) is 30.6. The molecule has 0 radical (unpaired) electrons. The number of methoxy groups -OCH3 is 1. The lowest BCUT2D eigenvalue weighted by Crippen LogP contribution is -2.57. The van der Waals surface area contributed by atoms with Gasteiger partial charge in [-0.15, -0.1) is 0 Å². The van der Waals surface area contributed by atoms with Gasteiger partial charge < -0.3 is 47.3 Å².